The quantitative estimate of drug-likeness (QED) is 0.441. The van der Waals surface area contributed by atoms with E-state index in [1.54, 1.807) is 11.3 Å². The molecule has 1 heterocycles. The van der Waals surface area contributed by atoms with Gasteiger partial charge in [-0.1, -0.05) is 0 Å². The fraction of sp³-hybridized carbons (Fsp3) is 0.636. The van der Waals surface area contributed by atoms with Crippen molar-refractivity contribution in [2.75, 3.05) is 13.2 Å². The lowest BCUT2D eigenvalue weighted by Crippen LogP contribution is -2.36. The normalized spacial score (nSPS) is 12.9. The predicted molar refractivity (Wildman–Crippen MR) is 72.6 cm³/mol. The number of hydrazine groups is 1. The first kappa shape index (κ1) is 14.1. The van der Waals surface area contributed by atoms with Gasteiger partial charge in [-0.25, -0.2) is 0 Å². The number of hydrogen-bond acceptors (Lipinski definition) is 4. The molecule has 0 aliphatic heterocycles. The maximum atomic E-state index is 5.54. The van der Waals surface area contributed by atoms with Crippen molar-refractivity contribution in [3.8, 4) is 0 Å². The molecule has 0 amide bonds. The highest BCUT2D eigenvalue weighted by Crippen LogP contribution is 2.21. The molecule has 0 aliphatic rings. The summed E-state index contributed by atoms with van der Waals surface area (Å²) in [6.07, 6.45) is 3.08. The third-order valence-corrected chi connectivity index (χ3v) is 4.07. The molecule has 0 fully saturated rings. The van der Waals surface area contributed by atoms with Gasteiger partial charge in [0.1, 0.15) is 0 Å². The lowest BCUT2D eigenvalue weighted by Gasteiger charge is -2.14. The minimum absolute atomic E-state index is 0.339. The molecular weight excluding hydrogens is 288 g/mol. The van der Waals surface area contributed by atoms with Gasteiger partial charge in [-0.3, -0.25) is 11.3 Å². The maximum absolute atomic E-state index is 5.54. The first-order valence-corrected chi connectivity index (χ1v) is 7.20. The van der Waals surface area contributed by atoms with E-state index in [9.17, 15) is 0 Å². The molecular formula is C11H19BrN2OS. The summed E-state index contributed by atoms with van der Waals surface area (Å²) in [4.78, 5) is 1.35. The predicted octanol–water partition coefficient (Wildman–Crippen LogP) is 2.70. The van der Waals surface area contributed by atoms with Crippen molar-refractivity contribution in [3.63, 3.8) is 0 Å². The van der Waals surface area contributed by atoms with Crippen LogP contribution in [0.15, 0.2) is 15.9 Å². The van der Waals surface area contributed by atoms with Gasteiger partial charge in [0.05, 0.1) is 0 Å². The van der Waals surface area contributed by atoms with Gasteiger partial charge >= 0.3 is 0 Å². The molecule has 16 heavy (non-hydrogen) atoms. The third kappa shape index (κ3) is 5.41. The van der Waals surface area contributed by atoms with Crippen LogP contribution in [-0.4, -0.2) is 19.3 Å². The van der Waals surface area contributed by atoms with Crippen LogP contribution in [0.25, 0.3) is 0 Å². The molecule has 0 saturated carbocycles. The number of nitrogens with one attached hydrogen (secondary N) is 1. The number of ether oxygens (including phenoxy) is 1. The highest BCUT2D eigenvalue weighted by molar-refractivity contribution is 9.10. The number of halogens is 1. The Kier molecular flexibility index (Phi) is 7.23. The molecule has 1 rings (SSSR count). The van der Waals surface area contributed by atoms with Crippen molar-refractivity contribution in [2.45, 2.75) is 32.2 Å². The van der Waals surface area contributed by atoms with Crippen molar-refractivity contribution in [1.29, 1.82) is 0 Å². The summed E-state index contributed by atoms with van der Waals surface area (Å²) >= 11 is 5.22. The number of hydrogen-bond donors (Lipinski definition) is 2. The second-order valence-corrected chi connectivity index (χ2v) is 5.55. The van der Waals surface area contributed by atoms with Crippen LogP contribution in [-0.2, 0) is 11.2 Å². The summed E-state index contributed by atoms with van der Waals surface area (Å²) in [5, 5.41) is 2.10. The summed E-state index contributed by atoms with van der Waals surface area (Å²) in [7, 11) is 0. The van der Waals surface area contributed by atoms with Gasteiger partial charge in [0.15, 0.2) is 0 Å². The van der Waals surface area contributed by atoms with Crippen LogP contribution in [0.4, 0.5) is 0 Å². The fourth-order valence-corrected chi connectivity index (χ4v) is 3.06. The zero-order chi connectivity index (χ0) is 11.8. The van der Waals surface area contributed by atoms with Gasteiger partial charge in [-0.15, -0.1) is 11.3 Å². The molecule has 5 heteroatoms. The molecule has 1 unspecified atom stereocenters. The minimum Gasteiger partial charge on any atom is -0.382 e. The SMILES string of the molecule is CCOCCCC(Cc1cc(Br)cs1)NN. The maximum Gasteiger partial charge on any atom is 0.0466 e. The van der Waals surface area contributed by atoms with Gasteiger partial charge in [0.25, 0.3) is 0 Å². The van der Waals surface area contributed by atoms with Crippen molar-refractivity contribution in [1.82, 2.24) is 5.43 Å². The van der Waals surface area contributed by atoms with Crippen molar-refractivity contribution in [3.05, 3.63) is 20.8 Å². The van der Waals surface area contributed by atoms with E-state index in [2.05, 4.69) is 32.8 Å². The molecule has 0 aliphatic carbocycles. The summed E-state index contributed by atoms with van der Waals surface area (Å²) in [6, 6.07) is 2.49. The summed E-state index contributed by atoms with van der Waals surface area (Å²) in [5.74, 6) is 5.54. The highest BCUT2D eigenvalue weighted by Gasteiger charge is 2.08. The summed E-state index contributed by atoms with van der Waals surface area (Å²) in [6.45, 7) is 3.63. The van der Waals surface area contributed by atoms with Crippen LogP contribution in [0.3, 0.4) is 0 Å². The van der Waals surface area contributed by atoms with Crippen LogP contribution in [0, 0.1) is 0 Å². The lowest BCUT2D eigenvalue weighted by molar-refractivity contribution is 0.141. The van der Waals surface area contributed by atoms with Crippen molar-refractivity contribution < 1.29 is 4.74 Å². The summed E-state index contributed by atoms with van der Waals surface area (Å²) < 4.78 is 6.46. The largest absolute Gasteiger partial charge is 0.382 e. The Morgan fingerprint density at radius 3 is 3.00 bits per heavy atom. The first-order chi connectivity index (χ1) is 7.76. The minimum atomic E-state index is 0.339. The van der Waals surface area contributed by atoms with E-state index in [1.165, 1.54) is 4.88 Å². The monoisotopic (exact) mass is 306 g/mol. The molecule has 0 spiro atoms. The molecule has 1 aromatic rings. The van der Waals surface area contributed by atoms with E-state index < -0.39 is 0 Å². The van der Waals surface area contributed by atoms with E-state index in [-0.39, 0.29) is 0 Å². The molecule has 0 aromatic carbocycles. The molecule has 0 saturated heterocycles. The molecule has 1 atom stereocenters. The van der Waals surface area contributed by atoms with Crippen LogP contribution in [0.2, 0.25) is 0 Å². The van der Waals surface area contributed by atoms with E-state index in [1.807, 2.05) is 6.92 Å². The van der Waals surface area contributed by atoms with Crippen molar-refractivity contribution >= 4 is 27.3 Å². The van der Waals surface area contributed by atoms with E-state index in [0.717, 1.165) is 36.9 Å². The molecule has 1 aromatic heterocycles. The van der Waals surface area contributed by atoms with Gasteiger partial charge in [0.2, 0.25) is 0 Å². The number of nitrogens with two attached hydrogens (primary N) is 1. The summed E-state index contributed by atoms with van der Waals surface area (Å²) in [5.41, 5.74) is 2.87. The smallest absolute Gasteiger partial charge is 0.0466 e. The average Bonchev–Trinajstić information content (AvgIpc) is 2.68. The standard InChI is InChI=1S/C11H19BrN2OS/c1-2-15-5-3-4-10(14-13)7-11-6-9(12)8-16-11/h6,8,10,14H,2-5,7,13H2,1H3. The molecule has 3 nitrogen and oxygen atoms in total. The van der Waals surface area contributed by atoms with Gasteiger partial charge < -0.3 is 4.74 Å². The van der Waals surface area contributed by atoms with Gasteiger partial charge in [-0.2, -0.15) is 0 Å². The number of thiophene rings is 1. The lowest BCUT2D eigenvalue weighted by atomic mass is 10.1. The second-order valence-electron chi connectivity index (χ2n) is 3.64. The average molecular weight is 307 g/mol. The zero-order valence-corrected chi connectivity index (χ0v) is 11.9. The molecule has 0 bridgehead atoms. The highest BCUT2D eigenvalue weighted by atomic mass is 79.9. The van der Waals surface area contributed by atoms with Crippen LogP contribution in [0.1, 0.15) is 24.6 Å². The third-order valence-electron chi connectivity index (χ3n) is 2.35. The van der Waals surface area contributed by atoms with Crippen LogP contribution >= 0.6 is 27.3 Å². The topological polar surface area (TPSA) is 47.3 Å². The van der Waals surface area contributed by atoms with Crippen molar-refractivity contribution in [2.24, 2.45) is 5.84 Å². The Hall–Kier alpha value is 0.0600. The second kappa shape index (κ2) is 8.20. The Morgan fingerprint density at radius 1 is 1.62 bits per heavy atom. The fourth-order valence-electron chi connectivity index (χ4n) is 1.52. The molecule has 92 valence electrons. The van der Waals surface area contributed by atoms with Gasteiger partial charge in [-0.05, 0) is 48.2 Å². The van der Waals surface area contributed by atoms with E-state index >= 15 is 0 Å². The Balaban J connectivity index is 2.26. The van der Waals surface area contributed by atoms with E-state index in [0.29, 0.717) is 6.04 Å². The Bertz CT molecular complexity index is 293. The van der Waals surface area contributed by atoms with E-state index in [4.69, 9.17) is 10.6 Å². The van der Waals surface area contributed by atoms with Crippen LogP contribution < -0.4 is 11.3 Å². The molecule has 3 N–H and O–H groups in total. The Labute approximate surface area is 109 Å². The number of rotatable bonds is 8. The first-order valence-electron chi connectivity index (χ1n) is 5.53. The van der Waals surface area contributed by atoms with Gasteiger partial charge in [0, 0.05) is 34.0 Å². The van der Waals surface area contributed by atoms with Crippen LogP contribution in [0.5, 0.6) is 0 Å². The Morgan fingerprint density at radius 2 is 2.44 bits per heavy atom. The molecule has 0 radical (unpaired) electrons. The zero-order valence-electron chi connectivity index (χ0n) is 9.54.